The van der Waals surface area contributed by atoms with Crippen molar-refractivity contribution in [1.29, 1.82) is 0 Å². The molecular weight excluding hydrogens is 256 g/mol. The number of hydrogen-bond donors (Lipinski definition) is 0. The first-order chi connectivity index (χ1) is 9.75. The zero-order chi connectivity index (χ0) is 14.6. The van der Waals surface area contributed by atoms with E-state index in [2.05, 4.69) is 4.99 Å². The van der Waals surface area contributed by atoms with Gasteiger partial charge in [0.1, 0.15) is 0 Å². The van der Waals surface area contributed by atoms with Crippen molar-refractivity contribution in [3.8, 4) is 0 Å². The monoisotopic (exact) mass is 278 g/mol. The maximum absolute atomic E-state index is 11.3. The number of imide groups is 1. The van der Waals surface area contributed by atoms with Crippen LogP contribution in [0.25, 0.3) is 0 Å². The lowest BCUT2D eigenvalue weighted by atomic mass is 10.1. The van der Waals surface area contributed by atoms with Gasteiger partial charge in [-0.1, -0.05) is 38.5 Å². The molecule has 0 N–H and O–H groups in total. The van der Waals surface area contributed by atoms with Gasteiger partial charge in [0.15, 0.2) is 0 Å². The normalized spacial score (nSPS) is 13.9. The van der Waals surface area contributed by atoms with Gasteiger partial charge in [-0.05, 0) is 12.8 Å². The molecular formula is C15H22N2O3. The second-order valence-electron chi connectivity index (χ2n) is 4.96. The van der Waals surface area contributed by atoms with E-state index in [1.165, 1.54) is 36.3 Å². The molecule has 1 rings (SSSR count). The number of aliphatic imine (C=N–C) groups is 1. The maximum Gasteiger partial charge on any atom is 0.253 e. The molecule has 2 amide bonds. The van der Waals surface area contributed by atoms with Crippen molar-refractivity contribution in [3.05, 3.63) is 12.2 Å². The zero-order valence-electron chi connectivity index (χ0n) is 11.8. The van der Waals surface area contributed by atoms with E-state index in [-0.39, 0.29) is 11.8 Å². The van der Waals surface area contributed by atoms with E-state index >= 15 is 0 Å². The summed E-state index contributed by atoms with van der Waals surface area (Å²) in [5.74, 6) is -0.374. The van der Waals surface area contributed by atoms with Gasteiger partial charge < -0.3 is 0 Å². The number of carbonyl (C=O) groups is 2. The lowest BCUT2D eigenvalue weighted by Gasteiger charge is -2.12. The molecule has 0 aromatic heterocycles. The Morgan fingerprint density at radius 2 is 1.35 bits per heavy atom. The average Bonchev–Trinajstić information content (AvgIpc) is 2.76. The maximum atomic E-state index is 11.3. The number of isocyanates is 1. The molecule has 0 atom stereocenters. The first-order valence-corrected chi connectivity index (χ1v) is 7.33. The smallest absolute Gasteiger partial charge is 0.253 e. The lowest BCUT2D eigenvalue weighted by Crippen LogP contribution is -2.30. The van der Waals surface area contributed by atoms with Gasteiger partial charge >= 0.3 is 0 Å². The third-order valence-corrected chi connectivity index (χ3v) is 3.37. The Labute approximate surface area is 119 Å². The molecule has 110 valence electrons. The molecule has 0 saturated carbocycles. The lowest BCUT2D eigenvalue weighted by molar-refractivity contribution is -0.136. The third-order valence-electron chi connectivity index (χ3n) is 3.37. The highest BCUT2D eigenvalue weighted by Crippen LogP contribution is 2.10. The Kier molecular flexibility index (Phi) is 8.24. The summed E-state index contributed by atoms with van der Waals surface area (Å²) in [4.78, 5) is 37.2. The molecule has 0 saturated heterocycles. The minimum absolute atomic E-state index is 0.187. The highest BCUT2D eigenvalue weighted by atomic mass is 16.2. The average molecular weight is 278 g/mol. The van der Waals surface area contributed by atoms with Crippen molar-refractivity contribution in [2.24, 2.45) is 4.99 Å². The number of rotatable bonds is 11. The SMILES string of the molecule is O=C=NCCCCCCCCCCN1C(=O)C=CC1=O. The van der Waals surface area contributed by atoms with Crippen LogP contribution in [0.3, 0.4) is 0 Å². The van der Waals surface area contributed by atoms with Crippen LogP contribution in [-0.2, 0) is 14.4 Å². The Hall–Kier alpha value is -1.74. The van der Waals surface area contributed by atoms with Gasteiger partial charge in [-0.25, -0.2) is 9.79 Å². The molecule has 0 radical (unpaired) electrons. The molecule has 5 nitrogen and oxygen atoms in total. The van der Waals surface area contributed by atoms with Crippen molar-refractivity contribution < 1.29 is 14.4 Å². The van der Waals surface area contributed by atoms with E-state index in [0.717, 1.165) is 32.1 Å². The van der Waals surface area contributed by atoms with Crippen LogP contribution in [0.15, 0.2) is 17.1 Å². The van der Waals surface area contributed by atoms with Crippen molar-refractivity contribution >= 4 is 17.9 Å². The molecule has 0 unspecified atom stereocenters. The Balaban J connectivity index is 1.87. The Morgan fingerprint density at radius 1 is 0.850 bits per heavy atom. The van der Waals surface area contributed by atoms with E-state index < -0.39 is 0 Å². The number of hydrogen-bond acceptors (Lipinski definition) is 4. The van der Waals surface area contributed by atoms with Crippen molar-refractivity contribution in [2.75, 3.05) is 13.1 Å². The van der Waals surface area contributed by atoms with Crippen LogP contribution >= 0.6 is 0 Å². The summed E-state index contributed by atoms with van der Waals surface area (Å²) in [6.45, 7) is 1.13. The summed E-state index contributed by atoms with van der Waals surface area (Å²) in [5, 5.41) is 0. The quantitative estimate of drug-likeness (QED) is 0.252. The molecule has 0 bridgehead atoms. The first-order valence-electron chi connectivity index (χ1n) is 7.33. The summed E-state index contributed by atoms with van der Waals surface area (Å²) >= 11 is 0. The van der Waals surface area contributed by atoms with Gasteiger partial charge in [0.2, 0.25) is 6.08 Å². The standard InChI is InChI=1S/C15H22N2O3/c18-13-16-11-7-5-3-1-2-4-6-8-12-17-14(19)9-10-15(17)20/h9-10H,1-8,11-12H2. The molecule has 0 spiro atoms. The number of carbonyl (C=O) groups excluding carboxylic acids is 3. The second-order valence-corrected chi connectivity index (χ2v) is 4.96. The van der Waals surface area contributed by atoms with Crippen LogP contribution in [0.1, 0.15) is 51.4 Å². The predicted octanol–water partition coefficient (Wildman–Crippen LogP) is 2.37. The van der Waals surface area contributed by atoms with Gasteiger partial charge in [-0.15, -0.1) is 0 Å². The predicted molar refractivity (Wildman–Crippen MR) is 75.8 cm³/mol. The van der Waals surface area contributed by atoms with E-state index in [1.807, 2.05) is 0 Å². The number of unbranched alkanes of at least 4 members (excludes halogenated alkanes) is 7. The molecule has 0 aromatic rings. The van der Waals surface area contributed by atoms with Gasteiger partial charge in [0.25, 0.3) is 11.8 Å². The van der Waals surface area contributed by atoms with Crippen molar-refractivity contribution in [1.82, 2.24) is 4.90 Å². The molecule has 1 aliphatic heterocycles. The van der Waals surface area contributed by atoms with Crippen LogP contribution in [0, 0.1) is 0 Å². The van der Waals surface area contributed by atoms with E-state index in [9.17, 15) is 14.4 Å². The molecule has 0 aliphatic carbocycles. The van der Waals surface area contributed by atoms with Crippen LogP contribution in [0.5, 0.6) is 0 Å². The van der Waals surface area contributed by atoms with Gasteiger partial charge in [0, 0.05) is 18.7 Å². The Morgan fingerprint density at radius 3 is 1.90 bits per heavy atom. The highest BCUT2D eigenvalue weighted by Gasteiger charge is 2.21. The minimum atomic E-state index is -0.187. The fourth-order valence-corrected chi connectivity index (χ4v) is 2.22. The fourth-order valence-electron chi connectivity index (χ4n) is 2.22. The summed E-state index contributed by atoms with van der Waals surface area (Å²) in [6.07, 6.45) is 12.9. The Bertz CT molecular complexity index is 380. The summed E-state index contributed by atoms with van der Waals surface area (Å²) < 4.78 is 0. The second kappa shape index (κ2) is 10.1. The number of nitrogens with zero attached hydrogens (tertiary/aromatic N) is 2. The van der Waals surface area contributed by atoms with Crippen LogP contribution in [0.4, 0.5) is 0 Å². The topological polar surface area (TPSA) is 66.8 Å². The van der Waals surface area contributed by atoms with Crippen molar-refractivity contribution in [3.63, 3.8) is 0 Å². The minimum Gasteiger partial charge on any atom is -0.275 e. The largest absolute Gasteiger partial charge is 0.275 e. The molecule has 0 fully saturated rings. The molecule has 20 heavy (non-hydrogen) atoms. The molecule has 0 aromatic carbocycles. The highest BCUT2D eigenvalue weighted by molar-refractivity contribution is 6.12. The summed E-state index contributed by atoms with van der Waals surface area (Å²) in [6, 6.07) is 0. The third kappa shape index (κ3) is 6.43. The van der Waals surface area contributed by atoms with E-state index in [4.69, 9.17) is 0 Å². The molecule has 1 heterocycles. The first kappa shape index (κ1) is 16.3. The number of amides is 2. The van der Waals surface area contributed by atoms with Gasteiger partial charge in [0.05, 0.1) is 6.54 Å². The summed E-state index contributed by atoms with van der Waals surface area (Å²) in [7, 11) is 0. The van der Waals surface area contributed by atoms with Crippen LogP contribution < -0.4 is 0 Å². The fraction of sp³-hybridized carbons (Fsp3) is 0.667. The zero-order valence-corrected chi connectivity index (χ0v) is 11.8. The van der Waals surface area contributed by atoms with Gasteiger partial charge in [-0.3, -0.25) is 14.5 Å². The van der Waals surface area contributed by atoms with E-state index in [1.54, 1.807) is 6.08 Å². The molecule has 1 aliphatic rings. The summed E-state index contributed by atoms with van der Waals surface area (Å²) in [5.41, 5.74) is 0. The van der Waals surface area contributed by atoms with E-state index in [0.29, 0.717) is 13.1 Å². The molecule has 5 heteroatoms. The van der Waals surface area contributed by atoms with Crippen LogP contribution in [0.2, 0.25) is 0 Å². The van der Waals surface area contributed by atoms with Crippen LogP contribution in [-0.4, -0.2) is 35.9 Å². The van der Waals surface area contributed by atoms with Gasteiger partial charge in [-0.2, -0.15) is 0 Å². The van der Waals surface area contributed by atoms with Crippen molar-refractivity contribution in [2.45, 2.75) is 51.4 Å².